The number of hydrogen-bond acceptors (Lipinski definition) is 2. The molecular formula is C16H15FO2. The van der Waals surface area contributed by atoms with E-state index in [1.807, 2.05) is 24.3 Å². The Hall–Kier alpha value is -2.16. The largest absolute Gasteiger partial charge is 0.496 e. The van der Waals surface area contributed by atoms with E-state index in [1.54, 1.807) is 7.11 Å². The molecule has 0 N–H and O–H groups in total. The highest BCUT2D eigenvalue weighted by Crippen LogP contribution is 2.19. The summed E-state index contributed by atoms with van der Waals surface area (Å²) in [5.41, 5.74) is 1.54. The Morgan fingerprint density at radius 1 is 1.11 bits per heavy atom. The molecule has 0 aliphatic heterocycles. The lowest BCUT2D eigenvalue weighted by Crippen LogP contribution is -2.02. The van der Waals surface area contributed by atoms with Crippen molar-refractivity contribution in [2.75, 3.05) is 7.11 Å². The molecule has 2 aromatic rings. The van der Waals surface area contributed by atoms with Crippen molar-refractivity contribution in [3.63, 3.8) is 0 Å². The highest BCUT2D eigenvalue weighted by molar-refractivity contribution is 5.96. The summed E-state index contributed by atoms with van der Waals surface area (Å²) in [6.07, 6.45) is 0.992. The lowest BCUT2D eigenvalue weighted by Gasteiger charge is -2.07. The molecule has 0 radical (unpaired) electrons. The SMILES string of the molecule is COc1ccccc1CCC(=O)c1ccc(F)cc1. The Balaban J connectivity index is 2.02. The molecule has 2 aromatic carbocycles. The first-order valence-corrected chi connectivity index (χ1v) is 6.11. The number of rotatable bonds is 5. The fraction of sp³-hybridized carbons (Fsp3) is 0.188. The lowest BCUT2D eigenvalue weighted by atomic mass is 10.0. The van der Waals surface area contributed by atoms with Gasteiger partial charge in [0.25, 0.3) is 0 Å². The van der Waals surface area contributed by atoms with Crippen molar-refractivity contribution in [2.45, 2.75) is 12.8 Å². The Kier molecular flexibility index (Phi) is 4.29. The van der Waals surface area contributed by atoms with E-state index in [1.165, 1.54) is 24.3 Å². The van der Waals surface area contributed by atoms with Crippen molar-refractivity contribution in [1.82, 2.24) is 0 Å². The van der Waals surface area contributed by atoms with Crippen LogP contribution in [0.4, 0.5) is 4.39 Å². The summed E-state index contributed by atoms with van der Waals surface area (Å²) in [5.74, 6) is 0.460. The highest BCUT2D eigenvalue weighted by Gasteiger charge is 2.08. The van der Waals surface area contributed by atoms with Crippen molar-refractivity contribution >= 4 is 5.78 Å². The fourth-order valence-electron chi connectivity index (χ4n) is 1.94. The molecule has 0 atom stereocenters. The van der Waals surface area contributed by atoms with Gasteiger partial charge in [-0.3, -0.25) is 4.79 Å². The third-order valence-electron chi connectivity index (χ3n) is 2.98. The van der Waals surface area contributed by atoms with Crippen LogP contribution in [0.25, 0.3) is 0 Å². The molecule has 0 saturated carbocycles. The van der Waals surface area contributed by atoms with E-state index >= 15 is 0 Å². The maximum atomic E-state index is 12.8. The van der Waals surface area contributed by atoms with E-state index < -0.39 is 0 Å². The second-order valence-electron chi connectivity index (χ2n) is 4.24. The van der Waals surface area contributed by atoms with Crippen molar-refractivity contribution < 1.29 is 13.9 Å². The number of benzene rings is 2. The molecule has 2 nitrogen and oxygen atoms in total. The molecule has 0 fully saturated rings. The van der Waals surface area contributed by atoms with E-state index in [0.717, 1.165) is 11.3 Å². The lowest BCUT2D eigenvalue weighted by molar-refractivity contribution is 0.0982. The second-order valence-corrected chi connectivity index (χ2v) is 4.24. The summed E-state index contributed by atoms with van der Waals surface area (Å²) >= 11 is 0. The normalized spacial score (nSPS) is 10.2. The minimum Gasteiger partial charge on any atom is -0.496 e. The Labute approximate surface area is 111 Å². The van der Waals surface area contributed by atoms with Gasteiger partial charge < -0.3 is 4.74 Å². The minimum absolute atomic E-state index is 0.00547. The molecule has 0 bridgehead atoms. The number of aryl methyl sites for hydroxylation is 1. The van der Waals surface area contributed by atoms with Crippen LogP contribution in [0.5, 0.6) is 5.75 Å². The molecule has 2 rings (SSSR count). The van der Waals surface area contributed by atoms with Crippen molar-refractivity contribution in [3.05, 3.63) is 65.5 Å². The van der Waals surface area contributed by atoms with Gasteiger partial charge >= 0.3 is 0 Å². The predicted octanol–water partition coefficient (Wildman–Crippen LogP) is 3.65. The Bertz CT molecular complexity index is 561. The maximum absolute atomic E-state index is 12.8. The number of ether oxygens (including phenoxy) is 1. The average Bonchev–Trinajstić information content (AvgIpc) is 2.45. The first kappa shape index (κ1) is 13.3. The van der Waals surface area contributed by atoms with Gasteiger partial charge in [-0.25, -0.2) is 4.39 Å². The summed E-state index contributed by atoms with van der Waals surface area (Å²) < 4.78 is 18.0. The molecular weight excluding hydrogens is 243 g/mol. The van der Waals surface area contributed by atoms with Crippen LogP contribution in [-0.2, 0) is 6.42 Å². The van der Waals surface area contributed by atoms with Crippen LogP contribution in [0.2, 0.25) is 0 Å². The second kappa shape index (κ2) is 6.14. The monoisotopic (exact) mass is 258 g/mol. The van der Waals surface area contributed by atoms with E-state index in [4.69, 9.17) is 4.74 Å². The summed E-state index contributed by atoms with van der Waals surface area (Å²) in [5, 5.41) is 0. The third kappa shape index (κ3) is 3.41. The van der Waals surface area contributed by atoms with E-state index in [2.05, 4.69) is 0 Å². The molecule has 0 unspecified atom stereocenters. The number of carbonyl (C=O) groups is 1. The Morgan fingerprint density at radius 2 is 1.79 bits per heavy atom. The van der Waals surface area contributed by atoms with Gasteiger partial charge in [-0.15, -0.1) is 0 Å². The molecule has 0 spiro atoms. The molecule has 3 heteroatoms. The van der Waals surface area contributed by atoms with Gasteiger partial charge in [0.2, 0.25) is 0 Å². The first-order chi connectivity index (χ1) is 9.20. The number of halogens is 1. The Morgan fingerprint density at radius 3 is 2.47 bits per heavy atom. The minimum atomic E-state index is -0.332. The van der Waals surface area contributed by atoms with E-state index in [0.29, 0.717) is 18.4 Å². The van der Waals surface area contributed by atoms with Gasteiger partial charge in [0, 0.05) is 12.0 Å². The number of Topliss-reactive ketones (excluding diaryl/α,β-unsaturated/α-hetero) is 1. The van der Waals surface area contributed by atoms with Crippen molar-refractivity contribution in [2.24, 2.45) is 0 Å². The number of ketones is 1. The van der Waals surface area contributed by atoms with Crippen LogP contribution in [-0.4, -0.2) is 12.9 Å². The molecule has 98 valence electrons. The average molecular weight is 258 g/mol. The zero-order valence-corrected chi connectivity index (χ0v) is 10.7. The zero-order valence-electron chi connectivity index (χ0n) is 10.7. The van der Waals surface area contributed by atoms with Crippen LogP contribution in [0, 0.1) is 5.82 Å². The summed E-state index contributed by atoms with van der Waals surface area (Å²) in [6, 6.07) is 13.3. The number of hydrogen-bond donors (Lipinski definition) is 0. The van der Waals surface area contributed by atoms with Crippen LogP contribution in [0.3, 0.4) is 0 Å². The topological polar surface area (TPSA) is 26.3 Å². The van der Waals surface area contributed by atoms with E-state index in [9.17, 15) is 9.18 Å². The van der Waals surface area contributed by atoms with Crippen LogP contribution < -0.4 is 4.74 Å². The molecule has 0 saturated heterocycles. The fourth-order valence-corrected chi connectivity index (χ4v) is 1.94. The van der Waals surface area contributed by atoms with E-state index in [-0.39, 0.29) is 11.6 Å². The highest BCUT2D eigenvalue weighted by atomic mass is 19.1. The van der Waals surface area contributed by atoms with Gasteiger partial charge in [-0.2, -0.15) is 0 Å². The summed E-state index contributed by atoms with van der Waals surface area (Å²) in [7, 11) is 1.61. The van der Waals surface area contributed by atoms with Crippen molar-refractivity contribution in [3.8, 4) is 5.75 Å². The maximum Gasteiger partial charge on any atom is 0.163 e. The van der Waals surface area contributed by atoms with Gasteiger partial charge in [-0.05, 0) is 42.3 Å². The van der Waals surface area contributed by atoms with Gasteiger partial charge in [-0.1, -0.05) is 18.2 Å². The number of methoxy groups -OCH3 is 1. The standard InChI is InChI=1S/C16H15FO2/c1-19-16-5-3-2-4-13(16)8-11-15(18)12-6-9-14(17)10-7-12/h2-7,9-10H,8,11H2,1H3. The predicted molar refractivity (Wildman–Crippen MR) is 72.0 cm³/mol. The van der Waals surface area contributed by atoms with Crippen LogP contribution >= 0.6 is 0 Å². The van der Waals surface area contributed by atoms with Gasteiger partial charge in [0.15, 0.2) is 5.78 Å². The number of carbonyl (C=O) groups excluding carboxylic acids is 1. The summed E-state index contributed by atoms with van der Waals surface area (Å²) in [4.78, 5) is 12.0. The number of para-hydroxylation sites is 1. The third-order valence-corrected chi connectivity index (χ3v) is 2.98. The smallest absolute Gasteiger partial charge is 0.163 e. The molecule has 0 aliphatic carbocycles. The van der Waals surface area contributed by atoms with Crippen LogP contribution in [0.15, 0.2) is 48.5 Å². The molecule has 0 aliphatic rings. The van der Waals surface area contributed by atoms with Gasteiger partial charge in [0.1, 0.15) is 11.6 Å². The van der Waals surface area contributed by atoms with Crippen LogP contribution in [0.1, 0.15) is 22.3 Å². The zero-order chi connectivity index (χ0) is 13.7. The quantitative estimate of drug-likeness (QED) is 0.765. The molecule has 0 heterocycles. The van der Waals surface area contributed by atoms with Crippen molar-refractivity contribution in [1.29, 1.82) is 0 Å². The van der Waals surface area contributed by atoms with Gasteiger partial charge in [0.05, 0.1) is 7.11 Å². The molecule has 0 amide bonds. The first-order valence-electron chi connectivity index (χ1n) is 6.11. The summed E-state index contributed by atoms with van der Waals surface area (Å²) in [6.45, 7) is 0. The molecule has 19 heavy (non-hydrogen) atoms. The molecule has 0 aromatic heterocycles.